The predicted octanol–water partition coefficient (Wildman–Crippen LogP) is 3.85. The van der Waals surface area contributed by atoms with Gasteiger partial charge in [0.15, 0.2) is 0 Å². The van der Waals surface area contributed by atoms with Crippen molar-refractivity contribution < 1.29 is 4.39 Å². The molecule has 132 valence electrons. The fourth-order valence-corrected chi connectivity index (χ4v) is 2.62. The van der Waals surface area contributed by atoms with E-state index in [2.05, 4.69) is 35.1 Å². The van der Waals surface area contributed by atoms with Gasteiger partial charge in [-0.25, -0.2) is 14.4 Å². The van der Waals surface area contributed by atoms with Crippen LogP contribution in [0.15, 0.2) is 42.7 Å². The molecule has 0 aliphatic rings. The van der Waals surface area contributed by atoms with Crippen molar-refractivity contribution in [3.63, 3.8) is 0 Å². The van der Waals surface area contributed by atoms with Crippen LogP contribution in [0.3, 0.4) is 0 Å². The monoisotopic (exact) mass is 349 g/mol. The van der Waals surface area contributed by atoms with Crippen molar-refractivity contribution in [2.75, 3.05) is 11.9 Å². The molecule has 0 saturated heterocycles. The minimum absolute atomic E-state index is 0.278. The van der Waals surface area contributed by atoms with Crippen LogP contribution in [0.2, 0.25) is 0 Å². The van der Waals surface area contributed by atoms with Crippen LogP contribution in [-0.2, 0) is 6.54 Å². The second-order valence-corrected chi connectivity index (χ2v) is 6.34. The van der Waals surface area contributed by atoms with E-state index in [1.807, 2.05) is 16.9 Å². The van der Waals surface area contributed by atoms with Gasteiger partial charge in [-0.3, -0.25) is 4.68 Å². The molecule has 3 rings (SSSR count). The highest BCUT2D eigenvalue weighted by molar-refractivity contribution is 5.78. The molecule has 6 heteroatoms. The normalized spacial score (nSPS) is 10.7. The van der Waals surface area contributed by atoms with Crippen LogP contribution in [0.4, 0.5) is 10.3 Å². The number of hydrogen-bond acceptors (Lipinski definition) is 4. The third-order valence-corrected chi connectivity index (χ3v) is 3.71. The van der Waals surface area contributed by atoms with Gasteiger partial charge in [0.05, 0.1) is 12.2 Å². The van der Waals surface area contributed by atoms with E-state index in [0.717, 1.165) is 29.1 Å². The van der Waals surface area contributed by atoms with Crippen molar-refractivity contribution in [1.82, 2.24) is 19.7 Å². The van der Waals surface area contributed by atoms with Crippen LogP contribution in [0.5, 0.6) is 0 Å². The van der Waals surface area contributed by atoms with Gasteiger partial charge < -0.3 is 5.32 Å². The summed E-state index contributed by atoms with van der Waals surface area (Å²) in [6, 6.07) is 8.13. The number of nitrogens with zero attached hydrogens (tertiary/aromatic N) is 4. The molecule has 0 amide bonds. The summed E-state index contributed by atoms with van der Waals surface area (Å²) >= 11 is 0. The maximum atomic E-state index is 13.3. The number of hydrogen-bond donors (Lipinski definition) is 1. The van der Waals surface area contributed by atoms with E-state index in [0.29, 0.717) is 18.4 Å². The van der Waals surface area contributed by atoms with Crippen molar-refractivity contribution in [3.05, 3.63) is 48.5 Å². The van der Waals surface area contributed by atoms with Crippen LogP contribution >= 0.6 is 0 Å². The standard InChI is InChI=1S/C20H20FN5/c1-4-10-22-20-23-11-9-18(24-20)17-13-26(12-14(2)3)25-19(17)15-5-7-16(21)8-6-15/h1,5-9,11,13-14H,10,12H2,2-3H3,(H,22,23,24). The molecule has 1 aromatic carbocycles. The van der Waals surface area contributed by atoms with Gasteiger partial charge in [-0.05, 0) is 36.2 Å². The second kappa shape index (κ2) is 7.79. The predicted molar refractivity (Wildman–Crippen MR) is 101 cm³/mol. The van der Waals surface area contributed by atoms with Crippen LogP contribution in [0.1, 0.15) is 13.8 Å². The number of rotatable bonds is 6. The molecule has 0 aliphatic carbocycles. The van der Waals surface area contributed by atoms with Crippen molar-refractivity contribution in [2.45, 2.75) is 20.4 Å². The topological polar surface area (TPSA) is 55.6 Å². The Morgan fingerprint density at radius 3 is 2.69 bits per heavy atom. The van der Waals surface area contributed by atoms with Crippen molar-refractivity contribution >= 4 is 5.95 Å². The average molecular weight is 349 g/mol. The summed E-state index contributed by atoms with van der Waals surface area (Å²) < 4.78 is 15.2. The Morgan fingerprint density at radius 2 is 2.00 bits per heavy atom. The van der Waals surface area contributed by atoms with Gasteiger partial charge in [0, 0.05) is 30.1 Å². The Morgan fingerprint density at radius 1 is 1.23 bits per heavy atom. The van der Waals surface area contributed by atoms with Gasteiger partial charge >= 0.3 is 0 Å². The van der Waals surface area contributed by atoms with Crippen LogP contribution in [-0.4, -0.2) is 26.3 Å². The van der Waals surface area contributed by atoms with E-state index >= 15 is 0 Å². The number of terminal acetylenes is 1. The fraction of sp³-hybridized carbons (Fsp3) is 0.250. The third-order valence-electron chi connectivity index (χ3n) is 3.71. The average Bonchev–Trinajstić information content (AvgIpc) is 3.04. The van der Waals surface area contributed by atoms with Crippen LogP contribution in [0.25, 0.3) is 22.5 Å². The Balaban J connectivity index is 2.06. The highest BCUT2D eigenvalue weighted by Crippen LogP contribution is 2.30. The third kappa shape index (κ3) is 4.06. The van der Waals surface area contributed by atoms with Crippen molar-refractivity contribution in [2.24, 2.45) is 5.92 Å². The highest BCUT2D eigenvalue weighted by Gasteiger charge is 2.15. The first-order valence-corrected chi connectivity index (χ1v) is 8.41. The van der Waals surface area contributed by atoms with E-state index in [1.54, 1.807) is 18.3 Å². The summed E-state index contributed by atoms with van der Waals surface area (Å²) in [6.45, 7) is 5.39. The molecule has 0 bridgehead atoms. The Bertz CT molecular complexity index is 922. The lowest BCUT2D eigenvalue weighted by molar-refractivity contribution is 0.484. The first-order chi connectivity index (χ1) is 12.6. The zero-order chi connectivity index (χ0) is 18.5. The number of halogens is 1. The molecule has 2 heterocycles. The van der Waals surface area contributed by atoms with E-state index in [9.17, 15) is 4.39 Å². The largest absolute Gasteiger partial charge is 0.343 e. The molecule has 0 fully saturated rings. The molecule has 2 aromatic heterocycles. The van der Waals surface area contributed by atoms with Crippen LogP contribution < -0.4 is 5.32 Å². The van der Waals surface area contributed by atoms with E-state index in [4.69, 9.17) is 11.5 Å². The SMILES string of the molecule is C#CCNc1nccc(-c2cn(CC(C)C)nc2-c2ccc(F)cc2)n1. The zero-order valence-corrected chi connectivity index (χ0v) is 14.8. The Kier molecular flexibility index (Phi) is 5.28. The summed E-state index contributed by atoms with van der Waals surface area (Å²) in [4.78, 5) is 8.71. The highest BCUT2D eigenvalue weighted by atomic mass is 19.1. The summed E-state index contributed by atoms with van der Waals surface area (Å²) in [5.41, 5.74) is 3.19. The molecule has 0 spiro atoms. The second-order valence-electron chi connectivity index (χ2n) is 6.34. The lowest BCUT2D eigenvalue weighted by atomic mass is 10.1. The fourth-order valence-electron chi connectivity index (χ4n) is 2.62. The molecule has 3 aromatic rings. The van der Waals surface area contributed by atoms with Crippen LogP contribution in [0, 0.1) is 24.1 Å². The van der Waals surface area contributed by atoms with Gasteiger partial charge in [0.25, 0.3) is 0 Å². The molecule has 0 unspecified atom stereocenters. The van der Waals surface area contributed by atoms with Gasteiger partial charge in [0.2, 0.25) is 5.95 Å². The molecule has 1 N–H and O–H groups in total. The first kappa shape index (κ1) is 17.6. The zero-order valence-electron chi connectivity index (χ0n) is 14.8. The molecular formula is C20H20FN5. The number of nitrogens with one attached hydrogen (secondary N) is 1. The molecule has 0 aliphatic heterocycles. The molecule has 26 heavy (non-hydrogen) atoms. The van der Waals surface area contributed by atoms with Gasteiger partial charge in [-0.1, -0.05) is 19.8 Å². The molecule has 0 atom stereocenters. The van der Waals surface area contributed by atoms with E-state index < -0.39 is 0 Å². The number of aromatic nitrogens is 4. The summed E-state index contributed by atoms with van der Waals surface area (Å²) in [5, 5.41) is 7.67. The van der Waals surface area contributed by atoms with Gasteiger partial charge in [0.1, 0.15) is 11.5 Å². The lowest BCUT2D eigenvalue weighted by Gasteiger charge is -2.05. The quantitative estimate of drug-likeness (QED) is 0.687. The maximum Gasteiger partial charge on any atom is 0.223 e. The summed E-state index contributed by atoms with van der Waals surface area (Å²) in [6.07, 6.45) is 8.92. The van der Waals surface area contributed by atoms with E-state index in [1.165, 1.54) is 12.1 Å². The number of benzene rings is 1. The maximum absolute atomic E-state index is 13.3. The molecule has 0 radical (unpaired) electrons. The summed E-state index contributed by atoms with van der Waals surface area (Å²) in [5.74, 6) is 3.13. The van der Waals surface area contributed by atoms with E-state index in [-0.39, 0.29) is 5.82 Å². The summed E-state index contributed by atoms with van der Waals surface area (Å²) in [7, 11) is 0. The minimum atomic E-state index is -0.278. The van der Waals surface area contributed by atoms with Crippen molar-refractivity contribution in [3.8, 4) is 34.9 Å². The Hall–Kier alpha value is -3.20. The van der Waals surface area contributed by atoms with Crippen molar-refractivity contribution in [1.29, 1.82) is 0 Å². The first-order valence-electron chi connectivity index (χ1n) is 8.41. The molecular weight excluding hydrogens is 329 g/mol. The molecule has 0 saturated carbocycles. The minimum Gasteiger partial charge on any atom is -0.343 e. The smallest absolute Gasteiger partial charge is 0.223 e. The van der Waals surface area contributed by atoms with Gasteiger partial charge in [-0.15, -0.1) is 6.42 Å². The lowest BCUT2D eigenvalue weighted by Crippen LogP contribution is -2.04. The Labute approximate surface area is 152 Å². The number of anilines is 1. The van der Waals surface area contributed by atoms with Gasteiger partial charge in [-0.2, -0.15) is 5.10 Å². The molecule has 5 nitrogen and oxygen atoms in total.